The van der Waals surface area contributed by atoms with E-state index in [0.717, 1.165) is 10.5 Å². The minimum atomic E-state index is -0.907. The molecule has 1 heterocycles. The Labute approximate surface area is 170 Å². The lowest BCUT2D eigenvalue weighted by Crippen LogP contribution is -2.38. The van der Waals surface area contributed by atoms with Gasteiger partial charge in [-0.25, -0.2) is 4.39 Å². The lowest BCUT2D eigenvalue weighted by atomic mass is 10.2. The van der Waals surface area contributed by atoms with Gasteiger partial charge in [0.05, 0.1) is 0 Å². The van der Waals surface area contributed by atoms with E-state index in [1.807, 2.05) is 19.1 Å². The quantitative estimate of drug-likeness (QED) is 0.756. The largest absolute Gasteiger partial charge is 0.326 e. The summed E-state index contributed by atoms with van der Waals surface area (Å²) in [5.41, 5.74) is 1.97. The van der Waals surface area contributed by atoms with Gasteiger partial charge in [0.1, 0.15) is 17.6 Å². The van der Waals surface area contributed by atoms with Crippen molar-refractivity contribution in [3.8, 4) is 0 Å². The molecule has 0 saturated carbocycles. The van der Waals surface area contributed by atoms with Gasteiger partial charge in [0.25, 0.3) is 5.24 Å². The van der Waals surface area contributed by atoms with Gasteiger partial charge in [0.2, 0.25) is 17.7 Å². The predicted molar refractivity (Wildman–Crippen MR) is 108 cm³/mol. The fraction of sp³-hybridized carbons (Fsp3) is 0.200. The summed E-state index contributed by atoms with van der Waals surface area (Å²) in [5.74, 6) is -2.02. The summed E-state index contributed by atoms with van der Waals surface area (Å²) >= 11 is 0.710. The summed E-state index contributed by atoms with van der Waals surface area (Å²) in [4.78, 5) is 49.7. The molecular weight excluding hydrogens is 397 g/mol. The van der Waals surface area contributed by atoms with Crippen LogP contribution < -0.4 is 10.6 Å². The zero-order chi connectivity index (χ0) is 21.0. The van der Waals surface area contributed by atoms with Crippen molar-refractivity contribution in [2.45, 2.75) is 18.6 Å². The fourth-order valence-electron chi connectivity index (χ4n) is 2.67. The maximum Gasteiger partial charge on any atom is 0.289 e. The number of thioether (sulfide) groups is 1. The molecule has 9 heteroatoms. The van der Waals surface area contributed by atoms with Gasteiger partial charge >= 0.3 is 0 Å². The molecule has 2 N–H and O–H groups in total. The first-order valence-electron chi connectivity index (χ1n) is 8.76. The highest BCUT2D eigenvalue weighted by atomic mass is 32.2. The molecule has 1 aliphatic rings. The normalized spacial score (nSPS) is 16.1. The van der Waals surface area contributed by atoms with Crippen molar-refractivity contribution in [2.24, 2.45) is 0 Å². The number of nitrogens with zero attached hydrogens (tertiary/aromatic N) is 1. The van der Waals surface area contributed by atoms with Crippen molar-refractivity contribution in [1.82, 2.24) is 4.90 Å². The Morgan fingerprint density at radius 2 is 1.52 bits per heavy atom. The van der Waals surface area contributed by atoms with Crippen molar-refractivity contribution >= 4 is 46.1 Å². The maximum absolute atomic E-state index is 12.9. The number of aryl methyl sites for hydroxylation is 1. The van der Waals surface area contributed by atoms with Gasteiger partial charge in [0, 0.05) is 17.8 Å². The second-order valence-corrected chi connectivity index (χ2v) is 7.62. The van der Waals surface area contributed by atoms with Crippen LogP contribution >= 0.6 is 11.8 Å². The number of nitrogens with one attached hydrogen (secondary N) is 2. The van der Waals surface area contributed by atoms with E-state index >= 15 is 0 Å². The Morgan fingerprint density at radius 1 is 0.966 bits per heavy atom. The minimum absolute atomic E-state index is 0.233. The molecule has 1 unspecified atom stereocenters. The van der Waals surface area contributed by atoms with Crippen LogP contribution in [0.4, 0.5) is 20.6 Å². The molecule has 0 spiro atoms. The summed E-state index contributed by atoms with van der Waals surface area (Å²) in [6.07, 6.45) is -0.233. The van der Waals surface area contributed by atoms with Crippen molar-refractivity contribution in [2.75, 3.05) is 17.2 Å². The molecule has 3 rings (SSSR count). The highest BCUT2D eigenvalue weighted by Gasteiger charge is 2.41. The number of anilines is 2. The molecule has 1 aliphatic heterocycles. The standard InChI is InChI=1S/C20H18FN3O4S/c1-12-2-6-14(7-3-12)23-18(26)11-24-19(27)16(29-20(24)28)10-17(25)22-15-8-4-13(21)5-9-15/h2-9,16H,10-11H2,1H3,(H,22,25)(H,23,26). The monoisotopic (exact) mass is 415 g/mol. The fourth-order valence-corrected chi connectivity index (χ4v) is 3.65. The predicted octanol–water partition coefficient (Wildman–Crippen LogP) is 3.17. The van der Waals surface area contributed by atoms with Crippen LogP contribution in [0.2, 0.25) is 0 Å². The van der Waals surface area contributed by atoms with Crippen LogP contribution in [-0.4, -0.2) is 39.7 Å². The molecular formula is C20H18FN3O4S. The third-order valence-corrected chi connectivity index (χ3v) is 5.22. The smallest absolute Gasteiger partial charge is 0.289 e. The van der Waals surface area contributed by atoms with Crippen LogP contribution in [-0.2, 0) is 14.4 Å². The van der Waals surface area contributed by atoms with Gasteiger partial charge in [-0.05, 0) is 43.3 Å². The van der Waals surface area contributed by atoms with Crippen molar-refractivity contribution in [1.29, 1.82) is 0 Å². The molecule has 0 aliphatic carbocycles. The second-order valence-electron chi connectivity index (χ2n) is 6.47. The van der Waals surface area contributed by atoms with E-state index in [9.17, 15) is 23.6 Å². The van der Waals surface area contributed by atoms with Gasteiger partial charge in [0.15, 0.2) is 0 Å². The summed E-state index contributed by atoms with van der Waals surface area (Å²) in [6, 6.07) is 12.3. The van der Waals surface area contributed by atoms with E-state index in [0.29, 0.717) is 23.1 Å². The number of benzene rings is 2. The zero-order valence-electron chi connectivity index (χ0n) is 15.5. The molecule has 1 saturated heterocycles. The average molecular weight is 415 g/mol. The van der Waals surface area contributed by atoms with E-state index in [1.165, 1.54) is 24.3 Å². The van der Waals surface area contributed by atoms with Crippen LogP contribution in [0.3, 0.4) is 0 Å². The summed E-state index contributed by atoms with van der Waals surface area (Å²) in [5, 5.41) is 3.69. The van der Waals surface area contributed by atoms with Crippen LogP contribution in [0.15, 0.2) is 48.5 Å². The highest BCUT2D eigenvalue weighted by molar-refractivity contribution is 8.15. The van der Waals surface area contributed by atoms with Crippen LogP contribution in [0, 0.1) is 12.7 Å². The van der Waals surface area contributed by atoms with Crippen molar-refractivity contribution in [3.63, 3.8) is 0 Å². The molecule has 29 heavy (non-hydrogen) atoms. The van der Waals surface area contributed by atoms with Gasteiger partial charge < -0.3 is 10.6 Å². The number of hydrogen-bond donors (Lipinski definition) is 2. The number of carbonyl (C=O) groups is 4. The van der Waals surface area contributed by atoms with Crippen LogP contribution in [0.25, 0.3) is 0 Å². The molecule has 2 aromatic carbocycles. The first-order chi connectivity index (χ1) is 13.8. The van der Waals surface area contributed by atoms with Crippen molar-refractivity contribution in [3.05, 3.63) is 59.9 Å². The Balaban J connectivity index is 1.54. The third kappa shape index (κ3) is 5.41. The van der Waals surface area contributed by atoms with E-state index in [1.54, 1.807) is 12.1 Å². The SMILES string of the molecule is Cc1ccc(NC(=O)CN2C(=O)SC(CC(=O)Nc3ccc(F)cc3)C2=O)cc1. The molecule has 4 amide bonds. The lowest BCUT2D eigenvalue weighted by Gasteiger charge is -2.14. The number of amides is 4. The number of carbonyl (C=O) groups excluding carboxylic acids is 4. The first kappa shape index (κ1) is 20.5. The van der Waals surface area contributed by atoms with Gasteiger partial charge in [-0.15, -0.1) is 0 Å². The lowest BCUT2D eigenvalue weighted by molar-refractivity contribution is -0.131. The second kappa shape index (κ2) is 8.87. The summed E-state index contributed by atoms with van der Waals surface area (Å²) in [6.45, 7) is 1.49. The van der Waals surface area contributed by atoms with E-state index in [2.05, 4.69) is 10.6 Å². The molecule has 1 atom stereocenters. The first-order valence-corrected chi connectivity index (χ1v) is 9.64. The maximum atomic E-state index is 12.9. The zero-order valence-corrected chi connectivity index (χ0v) is 16.3. The van der Waals surface area contributed by atoms with Gasteiger partial charge in [-0.1, -0.05) is 29.5 Å². The molecule has 150 valence electrons. The molecule has 7 nitrogen and oxygen atoms in total. The third-order valence-electron chi connectivity index (χ3n) is 4.14. The van der Waals surface area contributed by atoms with Gasteiger partial charge in [-0.2, -0.15) is 0 Å². The average Bonchev–Trinajstić information content (AvgIpc) is 2.93. The van der Waals surface area contributed by atoms with E-state index in [-0.39, 0.29) is 6.42 Å². The number of hydrogen-bond acceptors (Lipinski definition) is 5. The Hall–Kier alpha value is -3.20. The highest BCUT2D eigenvalue weighted by Crippen LogP contribution is 2.29. The van der Waals surface area contributed by atoms with E-state index < -0.39 is 40.6 Å². The number of imide groups is 1. The number of halogens is 1. The molecule has 1 fully saturated rings. The van der Waals surface area contributed by atoms with E-state index in [4.69, 9.17) is 0 Å². The molecule has 0 bridgehead atoms. The molecule has 0 radical (unpaired) electrons. The number of rotatable bonds is 6. The van der Waals surface area contributed by atoms with Crippen LogP contribution in [0.1, 0.15) is 12.0 Å². The van der Waals surface area contributed by atoms with Gasteiger partial charge in [-0.3, -0.25) is 24.1 Å². The Morgan fingerprint density at radius 3 is 2.14 bits per heavy atom. The molecule has 2 aromatic rings. The van der Waals surface area contributed by atoms with Crippen LogP contribution in [0.5, 0.6) is 0 Å². The summed E-state index contributed by atoms with van der Waals surface area (Å²) < 4.78 is 12.9. The summed E-state index contributed by atoms with van der Waals surface area (Å²) in [7, 11) is 0. The minimum Gasteiger partial charge on any atom is -0.326 e. The van der Waals surface area contributed by atoms with Crippen molar-refractivity contribution < 1.29 is 23.6 Å². The Kier molecular flexibility index (Phi) is 6.28. The molecule has 0 aromatic heterocycles. The topological polar surface area (TPSA) is 95.6 Å². The Bertz CT molecular complexity index is 947.